The zero-order valence-electron chi connectivity index (χ0n) is 13.9. The monoisotopic (exact) mass is 330 g/mol. The highest BCUT2D eigenvalue weighted by atomic mass is 16.2. The molecule has 2 aromatic rings. The number of nitrogens with zero attached hydrogens (tertiary/aromatic N) is 1. The second-order valence-electron chi connectivity index (χ2n) is 6.20. The molecule has 1 aromatic heterocycles. The highest BCUT2D eigenvalue weighted by molar-refractivity contribution is 5.97. The number of nitrogens with one attached hydrogen (secondary N) is 3. The molecular weight excluding hydrogens is 308 g/mol. The molecule has 24 heavy (non-hydrogen) atoms. The molecule has 7 nitrogen and oxygen atoms in total. The molecule has 0 aliphatic carbocycles. The predicted octanol–water partition coefficient (Wildman–Crippen LogP) is 0.580. The molecule has 1 aliphatic rings. The van der Waals surface area contributed by atoms with E-state index in [1.54, 1.807) is 25.1 Å². The lowest BCUT2D eigenvalue weighted by Gasteiger charge is -2.30. The lowest BCUT2D eigenvalue weighted by molar-refractivity contribution is 0.0920. The van der Waals surface area contributed by atoms with Gasteiger partial charge in [0.05, 0.1) is 11.0 Å². The van der Waals surface area contributed by atoms with Crippen molar-refractivity contribution in [2.24, 2.45) is 0 Å². The minimum absolute atomic E-state index is 0.0885. The van der Waals surface area contributed by atoms with Crippen molar-refractivity contribution in [1.29, 1.82) is 0 Å². The van der Waals surface area contributed by atoms with Gasteiger partial charge in [-0.1, -0.05) is 0 Å². The lowest BCUT2D eigenvalue weighted by atomic mass is 9.99. The summed E-state index contributed by atoms with van der Waals surface area (Å²) in [5, 5.41) is 6.39. The molecule has 128 valence electrons. The van der Waals surface area contributed by atoms with E-state index in [4.69, 9.17) is 0 Å². The number of aromatic nitrogens is 2. The highest BCUT2D eigenvalue weighted by Gasteiger charge is 2.23. The Morgan fingerprint density at radius 1 is 1.38 bits per heavy atom. The Hall–Kier alpha value is -2.41. The molecule has 1 aliphatic heterocycles. The van der Waals surface area contributed by atoms with Crippen LogP contribution in [-0.2, 0) is 6.54 Å². The number of aromatic amines is 1. The molecule has 1 saturated heterocycles. The van der Waals surface area contributed by atoms with Gasteiger partial charge in [0.15, 0.2) is 0 Å². The molecule has 1 amide bonds. The van der Waals surface area contributed by atoms with Gasteiger partial charge in [-0.25, -0.2) is 0 Å². The summed E-state index contributed by atoms with van der Waals surface area (Å²) in [6.07, 6.45) is 1.98. The minimum Gasteiger partial charge on any atom is -0.348 e. The fourth-order valence-corrected chi connectivity index (χ4v) is 3.23. The number of hydrogen-bond acceptors (Lipinski definition) is 4. The van der Waals surface area contributed by atoms with Crippen molar-refractivity contribution >= 4 is 16.9 Å². The molecule has 7 heteroatoms. The van der Waals surface area contributed by atoms with Gasteiger partial charge in [-0.2, -0.15) is 0 Å². The maximum atomic E-state index is 12.5. The minimum atomic E-state index is -0.674. The Morgan fingerprint density at radius 2 is 2.17 bits per heavy atom. The van der Waals surface area contributed by atoms with Gasteiger partial charge in [0, 0.05) is 24.2 Å². The summed E-state index contributed by atoms with van der Waals surface area (Å²) in [4.78, 5) is 38.7. The van der Waals surface area contributed by atoms with Crippen molar-refractivity contribution in [3.8, 4) is 0 Å². The molecule has 0 spiro atoms. The van der Waals surface area contributed by atoms with Crippen LogP contribution in [0.25, 0.3) is 11.0 Å². The van der Waals surface area contributed by atoms with E-state index in [-0.39, 0.29) is 18.0 Å². The lowest BCUT2D eigenvalue weighted by Crippen LogP contribution is -2.51. The van der Waals surface area contributed by atoms with Gasteiger partial charge in [-0.05, 0) is 51.4 Å². The van der Waals surface area contributed by atoms with Crippen molar-refractivity contribution in [2.45, 2.75) is 45.3 Å². The number of hydrogen-bond donors (Lipinski definition) is 3. The van der Waals surface area contributed by atoms with E-state index in [1.165, 1.54) is 4.57 Å². The van der Waals surface area contributed by atoms with Crippen LogP contribution in [0.2, 0.25) is 0 Å². The first-order valence-electron chi connectivity index (χ1n) is 8.32. The molecule has 0 bridgehead atoms. The number of aryl methyl sites for hydroxylation is 1. The normalized spacial score (nSPS) is 20.9. The van der Waals surface area contributed by atoms with E-state index in [0.717, 1.165) is 19.4 Å². The molecule has 3 rings (SSSR count). The van der Waals surface area contributed by atoms with Gasteiger partial charge in [-0.15, -0.1) is 0 Å². The van der Waals surface area contributed by atoms with Gasteiger partial charge < -0.3 is 20.2 Å². The molecular formula is C17H22N4O3. The summed E-state index contributed by atoms with van der Waals surface area (Å²) in [6, 6.07) is 5.33. The van der Waals surface area contributed by atoms with Crippen LogP contribution in [0, 0.1) is 0 Å². The molecule has 2 heterocycles. The van der Waals surface area contributed by atoms with Gasteiger partial charge in [0.1, 0.15) is 0 Å². The Bertz CT molecular complexity index is 884. The van der Waals surface area contributed by atoms with Crippen molar-refractivity contribution in [3.63, 3.8) is 0 Å². The fraction of sp³-hybridized carbons (Fsp3) is 0.471. The number of rotatable bonds is 3. The summed E-state index contributed by atoms with van der Waals surface area (Å²) in [6.45, 7) is 5.23. The third kappa shape index (κ3) is 2.99. The van der Waals surface area contributed by atoms with Crippen molar-refractivity contribution in [2.75, 3.05) is 6.54 Å². The Kier molecular flexibility index (Phi) is 4.53. The number of amides is 1. The summed E-state index contributed by atoms with van der Waals surface area (Å²) in [7, 11) is 0. The highest BCUT2D eigenvalue weighted by Crippen LogP contribution is 2.14. The number of H-pyrrole nitrogens is 1. The van der Waals surface area contributed by atoms with Crippen LogP contribution >= 0.6 is 0 Å². The van der Waals surface area contributed by atoms with Crippen molar-refractivity contribution in [1.82, 2.24) is 20.2 Å². The number of benzene rings is 1. The van der Waals surface area contributed by atoms with Crippen LogP contribution in [-0.4, -0.2) is 34.1 Å². The van der Waals surface area contributed by atoms with E-state index in [9.17, 15) is 14.4 Å². The van der Waals surface area contributed by atoms with E-state index in [1.807, 2.05) is 0 Å². The van der Waals surface area contributed by atoms with Crippen LogP contribution in [0.1, 0.15) is 37.0 Å². The maximum absolute atomic E-state index is 12.5. The third-order valence-electron chi connectivity index (χ3n) is 4.63. The number of carbonyl (C=O) groups is 1. The smallest absolute Gasteiger partial charge is 0.316 e. The van der Waals surface area contributed by atoms with Gasteiger partial charge >= 0.3 is 11.1 Å². The Labute approximate surface area is 139 Å². The molecule has 1 aromatic carbocycles. The van der Waals surface area contributed by atoms with Crippen LogP contribution in [0.3, 0.4) is 0 Å². The predicted molar refractivity (Wildman–Crippen MR) is 92.5 cm³/mol. The van der Waals surface area contributed by atoms with Crippen molar-refractivity contribution in [3.05, 3.63) is 44.5 Å². The topological polar surface area (TPSA) is 96.0 Å². The van der Waals surface area contributed by atoms with Gasteiger partial charge in [0.25, 0.3) is 5.91 Å². The quantitative estimate of drug-likeness (QED) is 0.717. The average molecular weight is 330 g/mol. The second kappa shape index (κ2) is 6.60. The van der Waals surface area contributed by atoms with Crippen molar-refractivity contribution < 1.29 is 4.79 Å². The number of piperidine rings is 1. The SMILES string of the molecule is CCn1c(=O)c(=O)[nH]c2cc(C(=O)NC3CCCNC3C)ccc21. The molecule has 3 N–H and O–H groups in total. The standard InChI is InChI=1S/C17H22N4O3/c1-3-21-14-7-6-11(9-13(14)20-16(23)17(21)24)15(22)19-12-5-4-8-18-10(12)2/h6-7,9-10,12,18H,3-5,8H2,1-2H3,(H,19,22)(H,20,23). The molecule has 0 radical (unpaired) electrons. The van der Waals surface area contributed by atoms with Crippen LogP contribution in [0.15, 0.2) is 27.8 Å². The first-order valence-corrected chi connectivity index (χ1v) is 8.32. The summed E-state index contributed by atoms with van der Waals surface area (Å²) in [5.41, 5.74) is 0.323. The summed E-state index contributed by atoms with van der Waals surface area (Å²) >= 11 is 0. The van der Waals surface area contributed by atoms with Gasteiger partial charge in [0.2, 0.25) is 0 Å². The Morgan fingerprint density at radius 3 is 2.88 bits per heavy atom. The summed E-state index contributed by atoms with van der Waals surface area (Å²) < 4.78 is 1.41. The fourth-order valence-electron chi connectivity index (χ4n) is 3.23. The first kappa shape index (κ1) is 16.4. The zero-order chi connectivity index (χ0) is 17.3. The maximum Gasteiger partial charge on any atom is 0.316 e. The van der Waals surface area contributed by atoms with E-state index in [2.05, 4.69) is 22.5 Å². The largest absolute Gasteiger partial charge is 0.348 e. The van der Waals surface area contributed by atoms with E-state index < -0.39 is 11.1 Å². The summed E-state index contributed by atoms with van der Waals surface area (Å²) in [5.74, 6) is -0.174. The average Bonchev–Trinajstić information content (AvgIpc) is 2.57. The molecule has 1 fully saturated rings. The third-order valence-corrected chi connectivity index (χ3v) is 4.63. The van der Waals surface area contributed by atoms with Crippen LogP contribution in [0.4, 0.5) is 0 Å². The number of fused-ring (bicyclic) bond motifs is 1. The second-order valence-corrected chi connectivity index (χ2v) is 6.20. The van der Waals surface area contributed by atoms with Gasteiger partial charge in [-0.3, -0.25) is 14.4 Å². The molecule has 2 unspecified atom stereocenters. The number of carbonyl (C=O) groups excluding carboxylic acids is 1. The van der Waals surface area contributed by atoms with Crippen LogP contribution in [0.5, 0.6) is 0 Å². The molecule has 2 atom stereocenters. The Balaban J connectivity index is 1.93. The van der Waals surface area contributed by atoms with Crippen LogP contribution < -0.4 is 21.8 Å². The van der Waals surface area contributed by atoms with E-state index in [0.29, 0.717) is 23.1 Å². The zero-order valence-corrected chi connectivity index (χ0v) is 13.9. The van der Waals surface area contributed by atoms with E-state index >= 15 is 0 Å². The molecule has 0 saturated carbocycles. The first-order chi connectivity index (χ1) is 11.5.